The van der Waals surface area contributed by atoms with Gasteiger partial charge in [-0.2, -0.15) is 0 Å². The number of carbonyl (C=O) groups is 2. The number of ether oxygens (including phenoxy) is 1. The Bertz CT molecular complexity index is 344. The molecule has 0 saturated carbocycles. The summed E-state index contributed by atoms with van der Waals surface area (Å²) in [5, 5.41) is 0. The summed E-state index contributed by atoms with van der Waals surface area (Å²) in [6.45, 7) is 11.7. The highest BCUT2D eigenvalue weighted by Gasteiger charge is 2.27. The Hall–Kier alpha value is -1.12. The van der Waals surface area contributed by atoms with Gasteiger partial charge < -0.3 is 4.74 Å². The quantitative estimate of drug-likeness (QED) is 0.467. The van der Waals surface area contributed by atoms with Crippen LogP contribution in [0.25, 0.3) is 0 Å². The second-order valence-corrected chi connectivity index (χ2v) is 5.55. The lowest BCUT2D eigenvalue weighted by molar-refractivity contribution is -0.150. The Labute approximate surface area is 123 Å². The lowest BCUT2D eigenvalue weighted by atomic mass is 9.90. The fourth-order valence-corrected chi connectivity index (χ4v) is 2.39. The van der Waals surface area contributed by atoms with E-state index in [0.717, 1.165) is 18.4 Å². The average molecular weight is 282 g/mol. The first-order valence-corrected chi connectivity index (χ1v) is 7.77. The molecule has 0 aliphatic heterocycles. The molecule has 0 aliphatic carbocycles. The van der Waals surface area contributed by atoms with E-state index in [2.05, 4.69) is 19.9 Å². The summed E-state index contributed by atoms with van der Waals surface area (Å²) in [5.41, 5.74) is 0.988. The van der Waals surface area contributed by atoms with E-state index in [4.69, 9.17) is 4.74 Å². The Morgan fingerprint density at radius 3 is 2.15 bits per heavy atom. The first-order valence-electron chi connectivity index (χ1n) is 7.77. The summed E-state index contributed by atoms with van der Waals surface area (Å²) in [6.07, 6.45) is 4.74. The van der Waals surface area contributed by atoms with Crippen LogP contribution in [0, 0.1) is 11.8 Å². The van der Waals surface area contributed by atoms with Gasteiger partial charge in [-0.25, -0.2) is 0 Å². The molecular weight excluding hydrogens is 252 g/mol. The van der Waals surface area contributed by atoms with E-state index in [1.54, 1.807) is 6.92 Å². The molecule has 3 nitrogen and oxygen atoms in total. The van der Waals surface area contributed by atoms with E-state index >= 15 is 0 Å². The summed E-state index contributed by atoms with van der Waals surface area (Å²) in [4.78, 5) is 23.5. The molecule has 0 aromatic carbocycles. The molecule has 0 aliphatic rings. The number of rotatable bonds is 9. The van der Waals surface area contributed by atoms with Crippen molar-refractivity contribution >= 4 is 11.8 Å². The minimum absolute atomic E-state index is 0.134. The first-order chi connectivity index (χ1) is 9.37. The number of ketones is 1. The summed E-state index contributed by atoms with van der Waals surface area (Å²) >= 11 is 0. The van der Waals surface area contributed by atoms with Crippen molar-refractivity contribution in [3.8, 4) is 0 Å². The van der Waals surface area contributed by atoms with Gasteiger partial charge in [0.1, 0.15) is 11.9 Å². The van der Waals surface area contributed by atoms with Crippen LogP contribution < -0.4 is 0 Å². The molecular formula is C17H30O3. The van der Waals surface area contributed by atoms with Gasteiger partial charge in [-0.3, -0.25) is 9.59 Å². The topological polar surface area (TPSA) is 43.4 Å². The number of allylic oxidation sites excluding steroid dienone is 1. The normalized spacial score (nSPS) is 16.4. The van der Waals surface area contributed by atoms with Crippen molar-refractivity contribution in [2.24, 2.45) is 11.8 Å². The maximum atomic E-state index is 11.9. The molecule has 3 atom stereocenters. The maximum Gasteiger partial charge on any atom is 0.306 e. The summed E-state index contributed by atoms with van der Waals surface area (Å²) in [5.74, 6) is 0.0452. The van der Waals surface area contributed by atoms with Crippen LogP contribution in [-0.4, -0.2) is 17.9 Å². The van der Waals surface area contributed by atoms with Gasteiger partial charge in [-0.1, -0.05) is 47.1 Å². The van der Waals surface area contributed by atoms with Crippen LogP contribution in [0.4, 0.5) is 0 Å². The summed E-state index contributed by atoms with van der Waals surface area (Å²) in [6, 6.07) is 0. The lowest BCUT2D eigenvalue weighted by Gasteiger charge is -2.24. The molecule has 3 heteroatoms. The standard InChI is InChI=1S/C17H30O3/c1-7-10-12(4)11-13(5)17(20-16(19)9-3)14(6)15(18)8-2/h11-12,14,17H,7-10H2,1-6H3/b13-11+/t12?,14-,17+/m1/s1. The van der Waals surface area contributed by atoms with Crippen LogP contribution in [0.1, 0.15) is 67.2 Å². The molecule has 0 N–H and O–H groups in total. The minimum atomic E-state index is -0.422. The third-order valence-corrected chi connectivity index (χ3v) is 3.60. The van der Waals surface area contributed by atoms with Crippen LogP contribution in [0.15, 0.2) is 11.6 Å². The molecule has 0 bridgehead atoms. The molecule has 0 aromatic heterocycles. The van der Waals surface area contributed by atoms with Gasteiger partial charge in [-0.15, -0.1) is 0 Å². The Balaban J connectivity index is 5.09. The Kier molecular flexibility index (Phi) is 9.19. The molecule has 0 aromatic rings. The predicted molar refractivity (Wildman–Crippen MR) is 82.5 cm³/mol. The van der Waals surface area contributed by atoms with Gasteiger partial charge in [-0.05, 0) is 24.8 Å². The summed E-state index contributed by atoms with van der Waals surface area (Å²) in [7, 11) is 0. The van der Waals surface area contributed by atoms with Gasteiger partial charge in [0.05, 0.1) is 5.92 Å². The van der Waals surface area contributed by atoms with Crippen molar-refractivity contribution < 1.29 is 14.3 Å². The highest BCUT2D eigenvalue weighted by Crippen LogP contribution is 2.22. The fraction of sp³-hybridized carbons (Fsp3) is 0.765. The Morgan fingerprint density at radius 1 is 1.10 bits per heavy atom. The van der Waals surface area contributed by atoms with E-state index in [-0.39, 0.29) is 17.7 Å². The molecule has 1 unspecified atom stereocenters. The predicted octanol–water partition coefficient (Wildman–Crippen LogP) is 4.31. The number of esters is 1. The molecule has 0 fully saturated rings. The zero-order valence-corrected chi connectivity index (χ0v) is 13.9. The van der Waals surface area contributed by atoms with Crippen LogP contribution in [0.5, 0.6) is 0 Å². The minimum Gasteiger partial charge on any atom is -0.457 e. The zero-order chi connectivity index (χ0) is 15.7. The highest BCUT2D eigenvalue weighted by atomic mass is 16.5. The maximum absolute atomic E-state index is 11.9. The SMILES string of the molecule is CCCC(C)/C=C(\C)[C@H](OC(=O)CC)[C@H](C)C(=O)CC. The molecule has 0 saturated heterocycles. The monoisotopic (exact) mass is 282 g/mol. The number of carbonyl (C=O) groups excluding carboxylic acids is 2. The van der Waals surface area contributed by atoms with Gasteiger partial charge in [0.15, 0.2) is 0 Å². The van der Waals surface area contributed by atoms with Gasteiger partial charge in [0.25, 0.3) is 0 Å². The van der Waals surface area contributed by atoms with Gasteiger partial charge in [0.2, 0.25) is 0 Å². The molecule has 0 amide bonds. The van der Waals surface area contributed by atoms with Crippen molar-refractivity contribution in [3.05, 3.63) is 11.6 Å². The third kappa shape index (κ3) is 6.36. The van der Waals surface area contributed by atoms with Crippen LogP contribution in [-0.2, 0) is 14.3 Å². The van der Waals surface area contributed by atoms with Gasteiger partial charge in [0, 0.05) is 12.8 Å². The van der Waals surface area contributed by atoms with Crippen LogP contribution in [0.3, 0.4) is 0 Å². The number of hydrogen-bond donors (Lipinski definition) is 0. The highest BCUT2D eigenvalue weighted by molar-refractivity contribution is 5.82. The van der Waals surface area contributed by atoms with Crippen molar-refractivity contribution in [2.45, 2.75) is 73.3 Å². The van der Waals surface area contributed by atoms with Crippen molar-refractivity contribution in [1.82, 2.24) is 0 Å². The first kappa shape index (κ1) is 18.9. The molecule has 0 radical (unpaired) electrons. The molecule has 116 valence electrons. The van der Waals surface area contributed by atoms with Crippen molar-refractivity contribution in [1.29, 1.82) is 0 Å². The largest absolute Gasteiger partial charge is 0.457 e. The Morgan fingerprint density at radius 2 is 1.70 bits per heavy atom. The van der Waals surface area contributed by atoms with Gasteiger partial charge >= 0.3 is 5.97 Å². The van der Waals surface area contributed by atoms with E-state index in [9.17, 15) is 9.59 Å². The fourth-order valence-electron chi connectivity index (χ4n) is 2.39. The summed E-state index contributed by atoms with van der Waals surface area (Å²) < 4.78 is 5.50. The smallest absolute Gasteiger partial charge is 0.306 e. The molecule has 0 rings (SSSR count). The van der Waals surface area contributed by atoms with Crippen LogP contribution >= 0.6 is 0 Å². The van der Waals surface area contributed by atoms with Crippen molar-refractivity contribution in [3.63, 3.8) is 0 Å². The second kappa shape index (κ2) is 9.73. The number of Topliss-reactive ketones (excluding diaryl/α,β-unsaturated/α-hetero) is 1. The van der Waals surface area contributed by atoms with E-state index in [0.29, 0.717) is 18.8 Å². The van der Waals surface area contributed by atoms with E-state index in [1.165, 1.54) is 0 Å². The average Bonchev–Trinajstić information content (AvgIpc) is 2.42. The molecule has 20 heavy (non-hydrogen) atoms. The van der Waals surface area contributed by atoms with E-state index < -0.39 is 6.10 Å². The van der Waals surface area contributed by atoms with E-state index in [1.807, 2.05) is 20.8 Å². The second-order valence-electron chi connectivity index (χ2n) is 5.55. The number of hydrogen-bond acceptors (Lipinski definition) is 3. The third-order valence-electron chi connectivity index (χ3n) is 3.60. The molecule has 0 spiro atoms. The van der Waals surface area contributed by atoms with Crippen LogP contribution in [0.2, 0.25) is 0 Å². The van der Waals surface area contributed by atoms with Crippen molar-refractivity contribution in [2.75, 3.05) is 0 Å². The zero-order valence-electron chi connectivity index (χ0n) is 13.9. The lowest BCUT2D eigenvalue weighted by Crippen LogP contribution is -2.31. The molecule has 0 heterocycles.